The number of benzene rings is 1. The number of hydrazone groups is 1. The average Bonchev–Trinajstić information content (AvgIpc) is 2.70. The number of nitrogens with zero attached hydrogens (tertiary/aromatic N) is 2. The minimum Gasteiger partial charge on any atom is -0.273 e. The molecule has 0 radical (unpaired) electrons. The zero-order valence-corrected chi connectivity index (χ0v) is 12.5. The van der Waals surface area contributed by atoms with Gasteiger partial charge in [0, 0.05) is 13.2 Å². The molecule has 1 aliphatic heterocycles. The normalized spacial score (nSPS) is 23.3. The molecule has 102 valence electrons. The van der Waals surface area contributed by atoms with E-state index in [9.17, 15) is 13.2 Å². The molecule has 0 fully saturated rings. The van der Waals surface area contributed by atoms with Crippen LogP contribution in [-0.2, 0) is 19.5 Å². The van der Waals surface area contributed by atoms with Crippen LogP contribution in [0.1, 0.15) is 19.4 Å². The molecular formula is C12H14N2O3S2. The summed E-state index contributed by atoms with van der Waals surface area (Å²) in [6.07, 6.45) is 1.09. The van der Waals surface area contributed by atoms with Gasteiger partial charge in [0.15, 0.2) is 0 Å². The Hall–Kier alpha value is -1.34. The summed E-state index contributed by atoms with van der Waals surface area (Å²) in [5.41, 5.74) is 0.831. The monoisotopic (exact) mass is 298 g/mol. The molecule has 0 spiro atoms. The van der Waals surface area contributed by atoms with Gasteiger partial charge in [0.25, 0.3) is 0 Å². The summed E-state index contributed by atoms with van der Waals surface area (Å²) in [6.45, 7) is 3.16. The highest BCUT2D eigenvalue weighted by molar-refractivity contribution is 8.35. The molecule has 1 aromatic rings. The molecule has 0 aliphatic carbocycles. The molecule has 1 unspecified atom stereocenters. The maximum atomic E-state index is 11.7. The van der Waals surface area contributed by atoms with Crippen LogP contribution in [0, 0.1) is 0 Å². The van der Waals surface area contributed by atoms with E-state index in [1.165, 1.54) is 11.9 Å². The van der Waals surface area contributed by atoms with Crippen LogP contribution in [0.5, 0.6) is 0 Å². The van der Waals surface area contributed by atoms with E-state index in [4.69, 9.17) is 0 Å². The second-order valence-corrected chi connectivity index (χ2v) is 8.00. The van der Waals surface area contributed by atoms with E-state index in [2.05, 4.69) is 5.10 Å². The van der Waals surface area contributed by atoms with Crippen LogP contribution in [0.4, 0.5) is 0 Å². The molecule has 5 nitrogen and oxygen atoms in total. The van der Waals surface area contributed by atoms with E-state index < -0.39 is 14.7 Å². The van der Waals surface area contributed by atoms with Crippen LogP contribution in [-0.4, -0.2) is 30.0 Å². The van der Waals surface area contributed by atoms with Gasteiger partial charge in [-0.25, -0.2) is 13.4 Å². The number of hydrogen-bond donors (Lipinski definition) is 0. The third kappa shape index (κ3) is 2.52. The molecular weight excluding hydrogens is 284 g/mol. The van der Waals surface area contributed by atoms with Gasteiger partial charge < -0.3 is 0 Å². The summed E-state index contributed by atoms with van der Waals surface area (Å²) in [4.78, 5) is 10.9. The number of rotatable bonds is 1. The lowest BCUT2D eigenvalue weighted by Gasteiger charge is -2.31. The SMILES string of the molecule is CC(=O)N1N=C(S(C)(=O)=O)SC1(C)c1ccccc1. The van der Waals surface area contributed by atoms with E-state index in [1.807, 2.05) is 30.3 Å². The Kier molecular flexibility index (Phi) is 3.44. The van der Waals surface area contributed by atoms with Gasteiger partial charge in [-0.1, -0.05) is 42.1 Å². The molecule has 1 amide bonds. The van der Waals surface area contributed by atoms with Gasteiger partial charge in [-0.3, -0.25) is 4.79 Å². The highest BCUT2D eigenvalue weighted by Crippen LogP contribution is 2.46. The first-order chi connectivity index (χ1) is 8.75. The summed E-state index contributed by atoms with van der Waals surface area (Å²) in [5.74, 6) is -0.294. The first-order valence-electron chi connectivity index (χ1n) is 5.59. The number of carbonyl (C=O) groups excluding carboxylic acids is 1. The van der Waals surface area contributed by atoms with Crippen LogP contribution in [0.15, 0.2) is 35.4 Å². The minimum atomic E-state index is -3.43. The van der Waals surface area contributed by atoms with Gasteiger partial charge in [-0.2, -0.15) is 0 Å². The molecule has 7 heteroatoms. The van der Waals surface area contributed by atoms with Crippen molar-refractivity contribution in [1.82, 2.24) is 5.01 Å². The largest absolute Gasteiger partial charge is 0.273 e. The summed E-state index contributed by atoms with van der Waals surface area (Å²) in [7, 11) is -3.43. The Bertz CT molecular complexity index is 640. The zero-order valence-electron chi connectivity index (χ0n) is 10.8. The lowest BCUT2D eigenvalue weighted by Crippen LogP contribution is -2.37. The third-order valence-corrected chi connectivity index (χ3v) is 5.73. The van der Waals surface area contributed by atoms with Crippen molar-refractivity contribution in [3.63, 3.8) is 0 Å². The Labute approximate surface area is 116 Å². The number of hydrogen-bond acceptors (Lipinski definition) is 5. The van der Waals surface area contributed by atoms with Crippen molar-refractivity contribution < 1.29 is 13.2 Å². The van der Waals surface area contributed by atoms with Crippen molar-refractivity contribution in [2.75, 3.05) is 6.26 Å². The highest BCUT2D eigenvalue weighted by Gasteiger charge is 2.45. The summed E-state index contributed by atoms with van der Waals surface area (Å²) < 4.78 is 23.2. The number of amides is 1. The van der Waals surface area contributed by atoms with Crippen LogP contribution in [0.3, 0.4) is 0 Å². The second kappa shape index (κ2) is 4.64. The van der Waals surface area contributed by atoms with Crippen LogP contribution in [0.25, 0.3) is 0 Å². The molecule has 1 aliphatic rings. The Balaban J connectivity index is 2.51. The van der Waals surface area contributed by atoms with Gasteiger partial charge in [0.05, 0.1) is 0 Å². The molecule has 0 bridgehead atoms. The average molecular weight is 298 g/mol. The number of thioether (sulfide) groups is 1. The second-order valence-electron chi connectivity index (χ2n) is 4.42. The van der Waals surface area contributed by atoms with Crippen LogP contribution < -0.4 is 0 Å². The van der Waals surface area contributed by atoms with Crippen molar-refractivity contribution in [1.29, 1.82) is 0 Å². The lowest BCUT2D eigenvalue weighted by molar-refractivity contribution is -0.131. The van der Waals surface area contributed by atoms with Gasteiger partial charge >= 0.3 is 0 Å². The smallest absolute Gasteiger partial charge is 0.241 e. The quantitative estimate of drug-likeness (QED) is 0.792. The predicted molar refractivity (Wildman–Crippen MR) is 76.2 cm³/mol. The van der Waals surface area contributed by atoms with Crippen molar-refractivity contribution in [3.8, 4) is 0 Å². The molecule has 0 saturated carbocycles. The third-order valence-electron chi connectivity index (χ3n) is 2.80. The Morgan fingerprint density at radius 1 is 1.32 bits per heavy atom. The fourth-order valence-corrected chi connectivity index (χ4v) is 4.15. The van der Waals surface area contributed by atoms with Crippen LogP contribution in [0.2, 0.25) is 0 Å². The van der Waals surface area contributed by atoms with Crippen molar-refractivity contribution in [2.24, 2.45) is 5.10 Å². The van der Waals surface area contributed by atoms with E-state index in [0.29, 0.717) is 0 Å². The minimum absolute atomic E-state index is 0.0333. The van der Waals surface area contributed by atoms with E-state index in [1.54, 1.807) is 6.92 Å². The Morgan fingerprint density at radius 2 is 1.89 bits per heavy atom. The lowest BCUT2D eigenvalue weighted by atomic mass is 10.1. The van der Waals surface area contributed by atoms with Crippen molar-refractivity contribution in [2.45, 2.75) is 18.7 Å². The first-order valence-corrected chi connectivity index (χ1v) is 8.30. The summed E-state index contributed by atoms with van der Waals surface area (Å²) in [5, 5.41) is 5.19. The van der Waals surface area contributed by atoms with E-state index >= 15 is 0 Å². The molecule has 19 heavy (non-hydrogen) atoms. The Morgan fingerprint density at radius 3 is 2.37 bits per heavy atom. The summed E-state index contributed by atoms with van der Waals surface area (Å²) in [6, 6.07) is 9.26. The number of carbonyl (C=O) groups is 1. The van der Waals surface area contributed by atoms with Crippen LogP contribution >= 0.6 is 11.8 Å². The van der Waals surface area contributed by atoms with Gasteiger partial charge in [-0.05, 0) is 12.5 Å². The van der Waals surface area contributed by atoms with Crippen molar-refractivity contribution in [3.05, 3.63) is 35.9 Å². The van der Waals surface area contributed by atoms with Gasteiger partial charge in [0.1, 0.15) is 4.87 Å². The first kappa shape index (κ1) is 14.1. The molecule has 2 rings (SSSR count). The fourth-order valence-electron chi connectivity index (χ4n) is 1.86. The molecule has 1 aromatic carbocycles. The van der Waals surface area contributed by atoms with Crippen molar-refractivity contribution >= 4 is 31.9 Å². The zero-order chi connectivity index (χ0) is 14.3. The van der Waals surface area contributed by atoms with Gasteiger partial charge in [0.2, 0.25) is 20.1 Å². The molecule has 0 aromatic heterocycles. The standard InChI is InChI=1S/C12H14N2O3S2/c1-9(15)14-12(2,10-7-5-4-6-8-10)18-11(13-14)19(3,16)17/h4-8H,1-3H3. The van der Waals surface area contributed by atoms with Gasteiger partial charge in [-0.15, -0.1) is 5.10 Å². The maximum Gasteiger partial charge on any atom is 0.241 e. The molecule has 0 N–H and O–H groups in total. The molecule has 0 saturated heterocycles. The molecule has 1 atom stereocenters. The predicted octanol–water partition coefficient (Wildman–Crippen LogP) is 1.77. The summed E-state index contributed by atoms with van der Waals surface area (Å²) >= 11 is 1.08. The highest BCUT2D eigenvalue weighted by atomic mass is 32.3. The fraction of sp³-hybridized carbons (Fsp3) is 0.333. The topological polar surface area (TPSA) is 66.8 Å². The maximum absolute atomic E-state index is 11.7. The number of sulfone groups is 1. The van der Waals surface area contributed by atoms with E-state index in [-0.39, 0.29) is 10.3 Å². The molecule has 1 heterocycles. The van der Waals surface area contributed by atoms with E-state index in [0.717, 1.165) is 23.6 Å².